The van der Waals surface area contributed by atoms with Crippen LogP contribution in [0.25, 0.3) is 0 Å². The van der Waals surface area contributed by atoms with E-state index in [1.54, 1.807) is 13.0 Å². The molecule has 0 radical (unpaired) electrons. The molecule has 21 heavy (non-hydrogen) atoms. The molecule has 7 heteroatoms. The molecule has 2 aromatic rings. The van der Waals surface area contributed by atoms with E-state index in [-0.39, 0.29) is 18.0 Å². The molecule has 0 saturated carbocycles. The van der Waals surface area contributed by atoms with Crippen molar-refractivity contribution in [1.82, 2.24) is 0 Å². The number of phenolic OH excluding ortho intramolecular Hbond substituents is 1. The number of aryl methyl sites for hydroxylation is 1. The maximum absolute atomic E-state index is 13.2. The fraction of sp³-hybridized carbons (Fsp3) is 0.143. The minimum absolute atomic E-state index is 0.00258. The van der Waals surface area contributed by atoms with E-state index in [1.807, 2.05) is 0 Å². The number of phenols is 1. The van der Waals surface area contributed by atoms with Gasteiger partial charge in [-0.15, -0.1) is 0 Å². The second-order valence-corrected chi connectivity index (χ2v) is 5.40. The average Bonchev–Trinajstić information content (AvgIpc) is 2.36. The smallest absolute Gasteiger partial charge is 0.274 e. The second-order valence-electron chi connectivity index (χ2n) is 4.55. The molecule has 0 aliphatic carbocycles. The van der Waals surface area contributed by atoms with E-state index in [1.165, 1.54) is 18.2 Å². The van der Waals surface area contributed by atoms with Crippen LogP contribution in [0.2, 0.25) is 0 Å². The van der Waals surface area contributed by atoms with Crippen LogP contribution in [-0.4, -0.2) is 10.0 Å². The van der Waals surface area contributed by atoms with Crippen LogP contribution in [0, 0.1) is 22.9 Å². The van der Waals surface area contributed by atoms with E-state index >= 15 is 0 Å². The van der Waals surface area contributed by atoms with Gasteiger partial charge in [-0.1, -0.05) is 0 Å². The summed E-state index contributed by atoms with van der Waals surface area (Å²) in [5.41, 5.74) is 1.60. The molecule has 0 aliphatic heterocycles. The summed E-state index contributed by atoms with van der Waals surface area (Å²) in [6, 6.07) is 6.77. The summed E-state index contributed by atoms with van der Waals surface area (Å²) >= 11 is 3.32. The normalized spacial score (nSPS) is 10.4. The first kappa shape index (κ1) is 15.2. The molecule has 0 unspecified atom stereocenters. The van der Waals surface area contributed by atoms with Crippen LogP contribution in [0.3, 0.4) is 0 Å². The Morgan fingerprint density at radius 3 is 2.67 bits per heavy atom. The van der Waals surface area contributed by atoms with Gasteiger partial charge in [0, 0.05) is 28.7 Å². The SMILES string of the molecule is Cc1cc(Br)c(NCc2cc(O)cc(F)c2)cc1[N+](=O)[O-]. The standard InChI is InChI=1S/C14H12BrFN2O3/c1-8-2-12(15)13(6-14(8)18(20)21)17-7-9-3-10(16)5-11(19)4-9/h2-6,17,19H,7H2,1H3. The number of nitro benzene ring substituents is 1. The molecule has 2 N–H and O–H groups in total. The van der Waals surface area contributed by atoms with Crippen LogP contribution >= 0.6 is 15.9 Å². The van der Waals surface area contributed by atoms with E-state index in [0.29, 0.717) is 21.3 Å². The van der Waals surface area contributed by atoms with Gasteiger partial charge < -0.3 is 10.4 Å². The highest BCUT2D eigenvalue weighted by atomic mass is 79.9. The monoisotopic (exact) mass is 354 g/mol. The molecule has 0 amide bonds. The zero-order chi connectivity index (χ0) is 15.6. The van der Waals surface area contributed by atoms with Crippen molar-refractivity contribution in [3.05, 3.63) is 61.9 Å². The fourth-order valence-corrected chi connectivity index (χ4v) is 2.52. The Morgan fingerprint density at radius 2 is 2.05 bits per heavy atom. The largest absolute Gasteiger partial charge is 0.508 e. The highest BCUT2D eigenvalue weighted by Crippen LogP contribution is 2.31. The molecule has 0 spiro atoms. The molecule has 2 aromatic carbocycles. The van der Waals surface area contributed by atoms with E-state index in [0.717, 1.165) is 6.07 Å². The van der Waals surface area contributed by atoms with Crippen molar-refractivity contribution in [2.24, 2.45) is 0 Å². The Kier molecular flexibility index (Phi) is 4.42. The van der Waals surface area contributed by atoms with Crippen LogP contribution in [0.1, 0.15) is 11.1 Å². The Morgan fingerprint density at radius 1 is 1.33 bits per heavy atom. The summed E-state index contributed by atoms with van der Waals surface area (Å²) in [5.74, 6) is -0.707. The average molecular weight is 355 g/mol. The van der Waals surface area contributed by atoms with Gasteiger partial charge in [0.15, 0.2) is 0 Å². The number of benzene rings is 2. The van der Waals surface area contributed by atoms with E-state index in [4.69, 9.17) is 0 Å². The zero-order valence-corrected chi connectivity index (χ0v) is 12.6. The fourth-order valence-electron chi connectivity index (χ4n) is 1.93. The molecule has 0 bridgehead atoms. The molecular formula is C14H12BrFN2O3. The first-order chi connectivity index (χ1) is 9.86. The highest BCUT2D eigenvalue weighted by Gasteiger charge is 2.14. The van der Waals surface area contributed by atoms with Gasteiger partial charge in [0.2, 0.25) is 0 Å². The minimum Gasteiger partial charge on any atom is -0.508 e. The zero-order valence-electron chi connectivity index (χ0n) is 11.1. The highest BCUT2D eigenvalue weighted by molar-refractivity contribution is 9.10. The first-order valence-electron chi connectivity index (χ1n) is 6.03. The molecule has 0 heterocycles. The number of nitro groups is 1. The number of nitrogens with zero attached hydrogens (tertiary/aromatic N) is 1. The van der Waals surface area contributed by atoms with Crippen molar-refractivity contribution < 1.29 is 14.4 Å². The van der Waals surface area contributed by atoms with Crippen molar-refractivity contribution in [2.45, 2.75) is 13.5 Å². The first-order valence-corrected chi connectivity index (χ1v) is 6.83. The summed E-state index contributed by atoms with van der Waals surface area (Å²) in [5, 5.41) is 23.2. The van der Waals surface area contributed by atoms with Crippen molar-refractivity contribution in [1.29, 1.82) is 0 Å². The molecule has 5 nitrogen and oxygen atoms in total. The number of aromatic hydroxyl groups is 1. The minimum atomic E-state index is -0.541. The van der Waals surface area contributed by atoms with Crippen molar-refractivity contribution >= 4 is 27.3 Å². The lowest BCUT2D eigenvalue weighted by atomic mass is 10.1. The number of anilines is 1. The lowest BCUT2D eigenvalue weighted by Gasteiger charge is -2.10. The third-order valence-electron chi connectivity index (χ3n) is 2.91. The van der Waals surface area contributed by atoms with E-state index in [9.17, 15) is 19.6 Å². The van der Waals surface area contributed by atoms with Gasteiger partial charge in [0.05, 0.1) is 10.6 Å². The second kappa shape index (κ2) is 6.09. The van der Waals surface area contributed by atoms with Gasteiger partial charge in [0.25, 0.3) is 5.69 Å². The molecular weight excluding hydrogens is 343 g/mol. The number of rotatable bonds is 4. The van der Waals surface area contributed by atoms with Crippen molar-refractivity contribution in [3.8, 4) is 5.75 Å². The van der Waals surface area contributed by atoms with E-state index in [2.05, 4.69) is 21.2 Å². The summed E-state index contributed by atoms with van der Waals surface area (Å²) in [7, 11) is 0. The van der Waals surface area contributed by atoms with Gasteiger partial charge >= 0.3 is 0 Å². The number of hydrogen-bond donors (Lipinski definition) is 2. The van der Waals surface area contributed by atoms with E-state index < -0.39 is 10.7 Å². The number of nitrogens with one attached hydrogen (secondary N) is 1. The maximum atomic E-state index is 13.2. The molecule has 0 saturated heterocycles. The number of hydrogen-bond acceptors (Lipinski definition) is 4. The maximum Gasteiger partial charge on any atom is 0.274 e. The van der Waals surface area contributed by atoms with Crippen molar-refractivity contribution in [3.63, 3.8) is 0 Å². The Balaban J connectivity index is 2.23. The molecule has 0 aromatic heterocycles. The molecule has 0 fully saturated rings. The summed E-state index contributed by atoms with van der Waals surface area (Å²) in [6.45, 7) is 1.88. The predicted molar refractivity (Wildman–Crippen MR) is 80.9 cm³/mol. The van der Waals surface area contributed by atoms with Crippen LogP contribution < -0.4 is 5.32 Å². The third-order valence-corrected chi connectivity index (χ3v) is 3.56. The van der Waals surface area contributed by atoms with Gasteiger partial charge in [-0.25, -0.2) is 4.39 Å². The Bertz CT molecular complexity index is 687. The summed E-state index contributed by atoms with van der Waals surface area (Å²) in [4.78, 5) is 10.5. The lowest BCUT2D eigenvalue weighted by Crippen LogP contribution is -2.02. The van der Waals surface area contributed by atoms with Gasteiger partial charge in [-0.2, -0.15) is 0 Å². The lowest BCUT2D eigenvalue weighted by molar-refractivity contribution is -0.385. The topological polar surface area (TPSA) is 75.4 Å². The Hall–Kier alpha value is -2.15. The molecule has 0 aliphatic rings. The molecule has 110 valence electrons. The number of halogens is 2. The van der Waals surface area contributed by atoms with Gasteiger partial charge in [0.1, 0.15) is 11.6 Å². The third kappa shape index (κ3) is 3.69. The Labute approximate surface area is 128 Å². The summed E-state index contributed by atoms with van der Waals surface area (Å²) in [6.07, 6.45) is 0. The van der Waals surface area contributed by atoms with Crippen LogP contribution in [0.5, 0.6) is 5.75 Å². The van der Waals surface area contributed by atoms with Gasteiger partial charge in [-0.3, -0.25) is 10.1 Å². The van der Waals surface area contributed by atoms with Crippen LogP contribution in [0.15, 0.2) is 34.8 Å². The molecule has 0 atom stereocenters. The van der Waals surface area contributed by atoms with Crippen LogP contribution in [-0.2, 0) is 6.54 Å². The summed E-state index contributed by atoms with van der Waals surface area (Å²) < 4.78 is 13.8. The molecule has 2 rings (SSSR count). The predicted octanol–water partition coefficient (Wildman–Crippen LogP) is 4.12. The van der Waals surface area contributed by atoms with Crippen LogP contribution in [0.4, 0.5) is 15.8 Å². The van der Waals surface area contributed by atoms with Gasteiger partial charge in [-0.05, 0) is 46.6 Å². The van der Waals surface area contributed by atoms with Crippen molar-refractivity contribution in [2.75, 3.05) is 5.32 Å². The quantitative estimate of drug-likeness (QED) is 0.639.